The molecule has 0 spiro atoms. The zero-order chi connectivity index (χ0) is 5.98. The van der Waals surface area contributed by atoms with Crippen LogP contribution in [0.15, 0.2) is 0 Å². The highest BCUT2D eigenvalue weighted by molar-refractivity contribution is 4.76. The fourth-order valence-electron chi connectivity index (χ4n) is 1.47. The van der Waals surface area contributed by atoms with Gasteiger partial charge in [0.1, 0.15) is 0 Å². The molecule has 1 saturated carbocycles. The first-order chi connectivity index (χ1) is 3.83. The first kappa shape index (κ1) is 6.09. The second kappa shape index (κ2) is 2.49. The normalized spacial score (nSPS) is 38.2. The second-order valence-electron chi connectivity index (χ2n) is 2.90. The van der Waals surface area contributed by atoms with Gasteiger partial charge in [-0.2, -0.15) is 0 Å². The minimum absolute atomic E-state index is 0.824. The van der Waals surface area contributed by atoms with Crippen LogP contribution in [0, 0.1) is 5.92 Å². The largest absolute Gasteiger partial charge is 0.317 e. The summed E-state index contributed by atoms with van der Waals surface area (Å²) in [5.41, 5.74) is 0. The number of nitrogens with one attached hydrogen (secondary N) is 1. The van der Waals surface area contributed by atoms with Crippen LogP contribution in [0.2, 0.25) is 0 Å². The molecule has 1 aliphatic carbocycles. The third-order valence-electron chi connectivity index (χ3n) is 2.10. The first-order valence-corrected chi connectivity index (χ1v) is 3.50. The van der Waals surface area contributed by atoms with Gasteiger partial charge in [-0.3, -0.25) is 0 Å². The molecule has 0 radical (unpaired) electrons. The van der Waals surface area contributed by atoms with Gasteiger partial charge in [-0.15, -0.1) is 0 Å². The molecule has 1 aliphatic rings. The van der Waals surface area contributed by atoms with Gasteiger partial charge >= 0.3 is 0 Å². The van der Waals surface area contributed by atoms with Crippen molar-refractivity contribution in [3.63, 3.8) is 0 Å². The van der Waals surface area contributed by atoms with Crippen LogP contribution in [0.4, 0.5) is 0 Å². The Labute approximate surface area is 51.5 Å². The predicted octanol–water partition coefficient (Wildman–Crippen LogP) is 1.39. The molecule has 8 heavy (non-hydrogen) atoms. The molecule has 0 bridgehead atoms. The molecule has 0 saturated heterocycles. The molecule has 0 aliphatic heterocycles. The number of rotatable bonds is 1. The fraction of sp³-hybridized carbons (Fsp3) is 1.00. The van der Waals surface area contributed by atoms with Crippen molar-refractivity contribution in [2.24, 2.45) is 5.92 Å². The van der Waals surface area contributed by atoms with Crippen LogP contribution in [0.1, 0.15) is 26.2 Å². The van der Waals surface area contributed by atoms with Crippen LogP contribution in [0.5, 0.6) is 0 Å². The fourth-order valence-corrected chi connectivity index (χ4v) is 1.47. The average molecular weight is 113 g/mol. The lowest BCUT2D eigenvalue weighted by molar-refractivity contribution is 0.544. The van der Waals surface area contributed by atoms with Crippen LogP contribution in [0.25, 0.3) is 0 Å². The van der Waals surface area contributed by atoms with Crippen molar-refractivity contribution in [1.82, 2.24) is 5.32 Å². The van der Waals surface area contributed by atoms with Crippen LogP contribution in [-0.4, -0.2) is 13.1 Å². The Kier molecular flexibility index (Phi) is 1.90. The summed E-state index contributed by atoms with van der Waals surface area (Å²) in [6, 6.07) is 0.824. The summed E-state index contributed by atoms with van der Waals surface area (Å²) in [5, 5.41) is 3.29. The Morgan fingerprint density at radius 2 is 2.12 bits per heavy atom. The lowest BCUT2D eigenvalue weighted by Crippen LogP contribution is -2.20. The summed E-state index contributed by atoms with van der Waals surface area (Å²) in [6.45, 7) is 2.33. The standard InChI is InChI=1S/C7H15N/c1-6-3-4-7(5-6)8-2/h6-8H,3-5H2,1-2H3/t6-,7?/m1/s1. The quantitative estimate of drug-likeness (QED) is 0.542. The van der Waals surface area contributed by atoms with Gasteiger partial charge in [0.05, 0.1) is 0 Å². The van der Waals surface area contributed by atoms with Crippen molar-refractivity contribution in [2.45, 2.75) is 32.2 Å². The van der Waals surface area contributed by atoms with Crippen molar-refractivity contribution in [2.75, 3.05) is 7.05 Å². The third-order valence-corrected chi connectivity index (χ3v) is 2.10. The zero-order valence-corrected chi connectivity index (χ0v) is 5.78. The molecule has 2 atom stereocenters. The van der Waals surface area contributed by atoms with Crippen molar-refractivity contribution in [3.8, 4) is 0 Å². The van der Waals surface area contributed by atoms with E-state index in [9.17, 15) is 0 Å². The molecular formula is C7H15N. The highest BCUT2D eigenvalue weighted by Gasteiger charge is 2.18. The molecular weight excluding hydrogens is 98.1 g/mol. The number of hydrogen-bond acceptors (Lipinski definition) is 1. The Bertz CT molecular complexity index is 70.8. The third kappa shape index (κ3) is 1.22. The van der Waals surface area contributed by atoms with E-state index in [4.69, 9.17) is 0 Å². The molecule has 0 aromatic rings. The Morgan fingerprint density at radius 1 is 1.38 bits per heavy atom. The van der Waals surface area contributed by atoms with Crippen molar-refractivity contribution >= 4 is 0 Å². The summed E-state index contributed by atoms with van der Waals surface area (Å²) < 4.78 is 0. The van der Waals surface area contributed by atoms with Gasteiger partial charge in [-0.1, -0.05) is 6.92 Å². The summed E-state index contributed by atoms with van der Waals surface area (Å²) in [7, 11) is 2.06. The lowest BCUT2D eigenvalue weighted by Gasteiger charge is -2.04. The van der Waals surface area contributed by atoms with Gasteiger partial charge in [-0.25, -0.2) is 0 Å². The molecule has 0 aromatic heterocycles. The Balaban J connectivity index is 2.22. The molecule has 1 heteroatoms. The van der Waals surface area contributed by atoms with E-state index < -0.39 is 0 Å². The van der Waals surface area contributed by atoms with Gasteiger partial charge in [0, 0.05) is 6.04 Å². The van der Waals surface area contributed by atoms with E-state index >= 15 is 0 Å². The highest BCUT2D eigenvalue weighted by atomic mass is 14.9. The molecule has 1 unspecified atom stereocenters. The van der Waals surface area contributed by atoms with Crippen LogP contribution >= 0.6 is 0 Å². The van der Waals surface area contributed by atoms with E-state index in [2.05, 4.69) is 19.3 Å². The van der Waals surface area contributed by atoms with Crippen LogP contribution < -0.4 is 5.32 Å². The van der Waals surface area contributed by atoms with E-state index in [1.54, 1.807) is 0 Å². The van der Waals surface area contributed by atoms with E-state index in [1.165, 1.54) is 19.3 Å². The smallest absolute Gasteiger partial charge is 0.00667 e. The lowest BCUT2D eigenvalue weighted by atomic mass is 10.1. The molecule has 0 amide bonds. The van der Waals surface area contributed by atoms with Crippen LogP contribution in [-0.2, 0) is 0 Å². The molecule has 0 heterocycles. The van der Waals surface area contributed by atoms with Gasteiger partial charge in [0.2, 0.25) is 0 Å². The summed E-state index contributed by atoms with van der Waals surface area (Å²) in [5.74, 6) is 0.965. The minimum Gasteiger partial charge on any atom is -0.317 e. The molecule has 1 nitrogen and oxygen atoms in total. The topological polar surface area (TPSA) is 12.0 Å². The van der Waals surface area contributed by atoms with Crippen molar-refractivity contribution in [1.29, 1.82) is 0 Å². The molecule has 1 fully saturated rings. The van der Waals surface area contributed by atoms with Gasteiger partial charge in [-0.05, 0) is 32.2 Å². The molecule has 1 N–H and O–H groups in total. The Morgan fingerprint density at radius 3 is 2.38 bits per heavy atom. The van der Waals surface area contributed by atoms with Crippen molar-refractivity contribution in [3.05, 3.63) is 0 Å². The minimum atomic E-state index is 0.824. The van der Waals surface area contributed by atoms with E-state index in [0.29, 0.717) is 0 Å². The van der Waals surface area contributed by atoms with Gasteiger partial charge in [0.15, 0.2) is 0 Å². The van der Waals surface area contributed by atoms with Crippen molar-refractivity contribution < 1.29 is 0 Å². The highest BCUT2D eigenvalue weighted by Crippen LogP contribution is 2.23. The molecule has 1 rings (SSSR count). The summed E-state index contributed by atoms with van der Waals surface area (Å²) in [4.78, 5) is 0. The van der Waals surface area contributed by atoms with E-state index in [0.717, 1.165) is 12.0 Å². The van der Waals surface area contributed by atoms with Gasteiger partial charge in [0.25, 0.3) is 0 Å². The predicted molar refractivity (Wildman–Crippen MR) is 35.9 cm³/mol. The maximum atomic E-state index is 3.29. The van der Waals surface area contributed by atoms with E-state index in [-0.39, 0.29) is 0 Å². The zero-order valence-electron chi connectivity index (χ0n) is 5.78. The summed E-state index contributed by atoms with van der Waals surface area (Å²) in [6.07, 6.45) is 4.19. The van der Waals surface area contributed by atoms with Gasteiger partial charge < -0.3 is 5.32 Å². The Hall–Kier alpha value is -0.0400. The molecule has 48 valence electrons. The maximum Gasteiger partial charge on any atom is 0.00667 e. The monoisotopic (exact) mass is 113 g/mol. The van der Waals surface area contributed by atoms with Crippen LogP contribution in [0.3, 0.4) is 0 Å². The first-order valence-electron chi connectivity index (χ1n) is 3.50. The number of hydrogen-bond donors (Lipinski definition) is 1. The maximum absolute atomic E-state index is 3.29. The second-order valence-corrected chi connectivity index (χ2v) is 2.90. The SMILES string of the molecule is CNC1CC[C@@H](C)C1. The van der Waals surface area contributed by atoms with E-state index in [1.807, 2.05) is 0 Å². The summed E-state index contributed by atoms with van der Waals surface area (Å²) >= 11 is 0. The molecule has 0 aromatic carbocycles. The average Bonchev–Trinajstić information content (AvgIpc) is 2.14.